The zero-order valence-electron chi connectivity index (χ0n) is 11.6. The number of halogens is 1. The van der Waals surface area contributed by atoms with Crippen LogP contribution in [-0.4, -0.2) is 0 Å². The smallest absolute Gasteiger partial charge is 0.146 e. The highest BCUT2D eigenvalue weighted by atomic mass is 19.1. The molecular weight excluding hydrogens is 249 g/mol. The second-order valence-corrected chi connectivity index (χ2v) is 5.66. The van der Waals surface area contributed by atoms with Crippen LogP contribution in [0.15, 0.2) is 42.5 Å². The fourth-order valence-corrected chi connectivity index (χ4v) is 3.16. The summed E-state index contributed by atoms with van der Waals surface area (Å²) in [4.78, 5) is 0. The Morgan fingerprint density at radius 3 is 2.30 bits per heavy atom. The van der Waals surface area contributed by atoms with E-state index in [-0.39, 0.29) is 11.5 Å². The molecule has 0 bridgehead atoms. The van der Waals surface area contributed by atoms with Crippen molar-refractivity contribution in [1.29, 1.82) is 0 Å². The third-order valence-electron chi connectivity index (χ3n) is 4.35. The van der Waals surface area contributed by atoms with Crippen LogP contribution in [0.2, 0.25) is 0 Å². The zero-order chi connectivity index (χ0) is 13.9. The number of para-hydroxylation sites is 1. The molecule has 0 aromatic heterocycles. The molecule has 2 heteroatoms. The number of nitrogens with two attached hydrogens (primary N) is 1. The summed E-state index contributed by atoms with van der Waals surface area (Å²) in [6.45, 7) is 0. The van der Waals surface area contributed by atoms with Gasteiger partial charge in [-0.3, -0.25) is 0 Å². The van der Waals surface area contributed by atoms with Gasteiger partial charge in [-0.2, -0.15) is 0 Å². The lowest BCUT2D eigenvalue weighted by Gasteiger charge is -2.22. The third-order valence-corrected chi connectivity index (χ3v) is 4.35. The number of anilines is 1. The summed E-state index contributed by atoms with van der Waals surface area (Å²) in [6, 6.07) is 13.5. The van der Waals surface area contributed by atoms with Gasteiger partial charge in [0.1, 0.15) is 5.82 Å². The summed E-state index contributed by atoms with van der Waals surface area (Å²) in [7, 11) is 0. The van der Waals surface area contributed by atoms with Gasteiger partial charge in [-0.1, -0.05) is 55.7 Å². The van der Waals surface area contributed by atoms with E-state index in [4.69, 9.17) is 5.73 Å². The van der Waals surface area contributed by atoms with Crippen molar-refractivity contribution in [2.45, 2.75) is 38.0 Å². The van der Waals surface area contributed by atoms with Crippen LogP contribution >= 0.6 is 0 Å². The van der Waals surface area contributed by atoms with Gasteiger partial charge in [-0.15, -0.1) is 0 Å². The molecule has 0 aliphatic heterocycles. The highest BCUT2D eigenvalue weighted by molar-refractivity contribution is 5.76. The molecule has 3 rings (SSSR count). The average Bonchev–Trinajstić information content (AvgIpc) is 2.51. The molecule has 20 heavy (non-hydrogen) atoms. The summed E-state index contributed by atoms with van der Waals surface area (Å²) >= 11 is 0. The zero-order valence-corrected chi connectivity index (χ0v) is 11.6. The van der Waals surface area contributed by atoms with Crippen molar-refractivity contribution < 1.29 is 4.39 Å². The van der Waals surface area contributed by atoms with Crippen LogP contribution < -0.4 is 5.73 Å². The minimum Gasteiger partial charge on any atom is -0.396 e. The maximum absolute atomic E-state index is 13.5. The highest BCUT2D eigenvalue weighted by Gasteiger charge is 2.15. The van der Waals surface area contributed by atoms with E-state index in [1.165, 1.54) is 43.7 Å². The molecule has 0 unspecified atom stereocenters. The Hall–Kier alpha value is -1.83. The first-order valence-electron chi connectivity index (χ1n) is 7.40. The Morgan fingerprint density at radius 2 is 1.60 bits per heavy atom. The van der Waals surface area contributed by atoms with E-state index in [0.29, 0.717) is 5.92 Å². The van der Waals surface area contributed by atoms with Crippen LogP contribution in [0, 0.1) is 5.82 Å². The molecule has 1 saturated carbocycles. The maximum atomic E-state index is 13.5. The Bertz CT molecular complexity index is 583. The fourth-order valence-electron chi connectivity index (χ4n) is 3.16. The molecule has 2 aromatic carbocycles. The largest absolute Gasteiger partial charge is 0.396 e. The van der Waals surface area contributed by atoms with Gasteiger partial charge in [-0.25, -0.2) is 4.39 Å². The summed E-state index contributed by atoms with van der Waals surface area (Å²) in [5, 5.41) is 0. The van der Waals surface area contributed by atoms with Crippen molar-refractivity contribution >= 4 is 5.69 Å². The minimum absolute atomic E-state index is 0.234. The molecular formula is C18H20FN. The van der Waals surface area contributed by atoms with Crippen LogP contribution in [0.1, 0.15) is 43.6 Å². The quantitative estimate of drug-likeness (QED) is 0.752. The molecule has 0 spiro atoms. The Kier molecular flexibility index (Phi) is 3.72. The van der Waals surface area contributed by atoms with Crippen LogP contribution in [0.25, 0.3) is 11.1 Å². The second kappa shape index (κ2) is 5.66. The predicted molar refractivity (Wildman–Crippen MR) is 82.1 cm³/mol. The summed E-state index contributed by atoms with van der Waals surface area (Å²) < 4.78 is 13.5. The molecule has 1 fully saturated rings. The maximum Gasteiger partial charge on any atom is 0.146 e. The number of rotatable bonds is 2. The predicted octanol–water partition coefficient (Wildman–Crippen LogP) is 5.12. The molecule has 0 atom stereocenters. The van der Waals surface area contributed by atoms with E-state index in [1.54, 1.807) is 6.07 Å². The summed E-state index contributed by atoms with van der Waals surface area (Å²) in [5.74, 6) is 0.349. The van der Waals surface area contributed by atoms with Gasteiger partial charge >= 0.3 is 0 Å². The molecule has 0 amide bonds. The number of benzene rings is 2. The van der Waals surface area contributed by atoms with Crippen LogP contribution in [-0.2, 0) is 0 Å². The molecule has 1 nitrogen and oxygen atoms in total. The Balaban J connectivity index is 1.87. The molecule has 0 saturated heterocycles. The first-order chi connectivity index (χ1) is 9.75. The van der Waals surface area contributed by atoms with E-state index < -0.39 is 0 Å². The number of hydrogen-bond donors (Lipinski definition) is 1. The van der Waals surface area contributed by atoms with Crippen molar-refractivity contribution in [1.82, 2.24) is 0 Å². The lowest BCUT2D eigenvalue weighted by molar-refractivity contribution is 0.443. The fraction of sp³-hybridized carbons (Fsp3) is 0.333. The van der Waals surface area contributed by atoms with Gasteiger partial charge in [0.25, 0.3) is 0 Å². The van der Waals surface area contributed by atoms with E-state index in [9.17, 15) is 4.39 Å². The first kappa shape index (κ1) is 13.2. The number of hydrogen-bond acceptors (Lipinski definition) is 1. The van der Waals surface area contributed by atoms with E-state index >= 15 is 0 Å². The topological polar surface area (TPSA) is 26.0 Å². The molecule has 104 valence electrons. The minimum atomic E-state index is -0.348. The standard InChI is InChI=1S/C18H20FN/c19-17-8-4-7-16(18(17)20)15-11-9-14(10-12-15)13-5-2-1-3-6-13/h4,7-13H,1-3,5-6,20H2. The van der Waals surface area contributed by atoms with Gasteiger partial charge in [-0.05, 0) is 36.0 Å². The first-order valence-corrected chi connectivity index (χ1v) is 7.40. The highest BCUT2D eigenvalue weighted by Crippen LogP contribution is 2.34. The van der Waals surface area contributed by atoms with Crippen molar-refractivity contribution in [2.75, 3.05) is 5.73 Å². The van der Waals surface area contributed by atoms with Gasteiger partial charge in [0, 0.05) is 5.56 Å². The second-order valence-electron chi connectivity index (χ2n) is 5.66. The Labute approximate surface area is 119 Å². The Morgan fingerprint density at radius 1 is 0.900 bits per heavy atom. The van der Waals surface area contributed by atoms with Crippen molar-refractivity contribution in [3.8, 4) is 11.1 Å². The van der Waals surface area contributed by atoms with Gasteiger partial charge in [0.05, 0.1) is 5.69 Å². The van der Waals surface area contributed by atoms with Crippen LogP contribution in [0.5, 0.6) is 0 Å². The van der Waals surface area contributed by atoms with Crippen molar-refractivity contribution in [3.05, 3.63) is 53.8 Å². The molecule has 2 aromatic rings. The van der Waals surface area contributed by atoms with Crippen LogP contribution in [0.4, 0.5) is 10.1 Å². The molecule has 0 radical (unpaired) electrons. The molecule has 0 heterocycles. The van der Waals surface area contributed by atoms with Gasteiger partial charge in [0.2, 0.25) is 0 Å². The summed E-state index contributed by atoms with van der Waals surface area (Å²) in [5.41, 5.74) is 9.23. The van der Waals surface area contributed by atoms with Crippen molar-refractivity contribution in [2.24, 2.45) is 0 Å². The lowest BCUT2D eigenvalue weighted by atomic mass is 9.83. The van der Waals surface area contributed by atoms with E-state index in [2.05, 4.69) is 24.3 Å². The van der Waals surface area contributed by atoms with Gasteiger partial charge < -0.3 is 5.73 Å². The number of nitrogen functional groups attached to an aromatic ring is 1. The average molecular weight is 269 g/mol. The third kappa shape index (κ3) is 2.55. The van der Waals surface area contributed by atoms with E-state index in [0.717, 1.165) is 11.1 Å². The lowest BCUT2D eigenvalue weighted by Crippen LogP contribution is -2.04. The van der Waals surface area contributed by atoms with E-state index in [1.807, 2.05) is 6.07 Å². The van der Waals surface area contributed by atoms with Gasteiger partial charge in [0.15, 0.2) is 0 Å². The molecule has 1 aliphatic rings. The van der Waals surface area contributed by atoms with Crippen LogP contribution in [0.3, 0.4) is 0 Å². The summed E-state index contributed by atoms with van der Waals surface area (Å²) in [6.07, 6.45) is 6.63. The SMILES string of the molecule is Nc1c(F)cccc1-c1ccc(C2CCCCC2)cc1. The normalized spacial score (nSPS) is 16.2. The monoisotopic (exact) mass is 269 g/mol. The molecule has 1 aliphatic carbocycles. The van der Waals surface area contributed by atoms with Crippen molar-refractivity contribution in [3.63, 3.8) is 0 Å². The molecule has 2 N–H and O–H groups in total.